The first-order valence-electron chi connectivity index (χ1n) is 9.75. The molecule has 0 radical (unpaired) electrons. The van der Waals surface area contributed by atoms with Crippen molar-refractivity contribution < 1.29 is 9.13 Å². The Balaban J connectivity index is 1.39. The van der Waals surface area contributed by atoms with Gasteiger partial charge in [0.2, 0.25) is 0 Å². The van der Waals surface area contributed by atoms with Gasteiger partial charge in [0.05, 0.1) is 17.7 Å². The minimum atomic E-state index is -0.227. The van der Waals surface area contributed by atoms with Crippen molar-refractivity contribution in [2.75, 3.05) is 37.6 Å². The van der Waals surface area contributed by atoms with Crippen molar-refractivity contribution >= 4 is 16.6 Å². The molecule has 140 valence electrons. The van der Waals surface area contributed by atoms with Crippen LogP contribution in [0, 0.1) is 11.7 Å². The molecule has 2 aliphatic heterocycles. The lowest BCUT2D eigenvalue weighted by Gasteiger charge is -2.40. The van der Waals surface area contributed by atoms with Gasteiger partial charge < -0.3 is 9.64 Å². The zero-order valence-corrected chi connectivity index (χ0v) is 15.7. The highest BCUT2D eigenvalue weighted by Gasteiger charge is 2.27. The molecule has 0 bridgehead atoms. The van der Waals surface area contributed by atoms with Gasteiger partial charge in [0.15, 0.2) is 0 Å². The molecule has 2 saturated heterocycles. The highest BCUT2D eigenvalue weighted by molar-refractivity contribution is 5.91. The van der Waals surface area contributed by atoms with Crippen LogP contribution in [0.3, 0.4) is 0 Å². The number of benzene rings is 1. The average molecular weight is 357 g/mol. The highest BCUT2D eigenvalue weighted by Crippen LogP contribution is 2.30. The maximum Gasteiger partial charge on any atom is 0.125 e. The maximum absolute atomic E-state index is 13.5. The van der Waals surface area contributed by atoms with Crippen molar-refractivity contribution in [2.24, 2.45) is 5.92 Å². The van der Waals surface area contributed by atoms with Gasteiger partial charge in [-0.25, -0.2) is 4.39 Å². The van der Waals surface area contributed by atoms with E-state index in [0.717, 1.165) is 43.0 Å². The lowest BCUT2D eigenvalue weighted by Crippen LogP contribution is -2.48. The van der Waals surface area contributed by atoms with Crippen molar-refractivity contribution in [1.29, 1.82) is 0 Å². The van der Waals surface area contributed by atoms with E-state index in [9.17, 15) is 4.39 Å². The largest absolute Gasteiger partial charge is 0.373 e. The number of piperidine rings is 1. The lowest BCUT2D eigenvalue weighted by atomic mass is 9.95. The van der Waals surface area contributed by atoms with Crippen molar-refractivity contribution in [3.05, 3.63) is 36.3 Å². The number of halogens is 1. The normalized spacial score (nSPS) is 25.7. The first-order chi connectivity index (χ1) is 12.6. The molecule has 3 heterocycles. The summed E-state index contributed by atoms with van der Waals surface area (Å²) >= 11 is 0. The smallest absolute Gasteiger partial charge is 0.125 e. The molecule has 0 N–H and O–H groups in total. The zero-order chi connectivity index (χ0) is 18.1. The van der Waals surface area contributed by atoms with Crippen LogP contribution in [0.4, 0.5) is 10.1 Å². The van der Waals surface area contributed by atoms with Crippen LogP contribution in [0.2, 0.25) is 0 Å². The summed E-state index contributed by atoms with van der Waals surface area (Å²) in [5, 5.41) is 1.04. The monoisotopic (exact) mass is 357 g/mol. The molecule has 0 amide bonds. The molecule has 0 aliphatic carbocycles. The van der Waals surface area contributed by atoms with E-state index in [1.54, 1.807) is 6.20 Å². The first kappa shape index (κ1) is 17.7. The van der Waals surface area contributed by atoms with Crippen molar-refractivity contribution in [1.82, 2.24) is 9.88 Å². The van der Waals surface area contributed by atoms with E-state index in [1.807, 2.05) is 6.07 Å². The highest BCUT2D eigenvalue weighted by atomic mass is 19.1. The number of nitrogens with zero attached hydrogens (tertiary/aromatic N) is 3. The predicted octanol–water partition coefficient (Wildman–Crippen LogP) is 3.70. The number of hydrogen-bond donors (Lipinski definition) is 0. The fraction of sp³-hybridized carbons (Fsp3) is 0.571. The van der Waals surface area contributed by atoms with E-state index in [1.165, 1.54) is 37.2 Å². The van der Waals surface area contributed by atoms with E-state index in [2.05, 4.69) is 34.7 Å². The lowest BCUT2D eigenvalue weighted by molar-refractivity contribution is -0.0720. The van der Waals surface area contributed by atoms with E-state index in [-0.39, 0.29) is 5.82 Å². The number of morpholine rings is 1. The van der Waals surface area contributed by atoms with Crippen molar-refractivity contribution in [2.45, 2.75) is 38.9 Å². The molecule has 5 heteroatoms. The van der Waals surface area contributed by atoms with Gasteiger partial charge in [-0.3, -0.25) is 9.88 Å². The van der Waals surface area contributed by atoms with E-state index >= 15 is 0 Å². The number of aromatic nitrogens is 1. The van der Waals surface area contributed by atoms with E-state index in [0.29, 0.717) is 12.2 Å². The third-order valence-corrected chi connectivity index (χ3v) is 5.65. The topological polar surface area (TPSA) is 28.6 Å². The fourth-order valence-electron chi connectivity index (χ4n) is 4.54. The Hall–Kier alpha value is -1.72. The van der Waals surface area contributed by atoms with Gasteiger partial charge in [-0.05, 0) is 50.8 Å². The third kappa shape index (κ3) is 3.84. The molecule has 2 aromatic rings. The minimum Gasteiger partial charge on any atom is -0.373 e. The Morgan fingerprint density at radius 1 is 1.12 bits per heavy atom. The summed E-state index contributed by atoms with van der Waals surface area (Å²) in [6.45, 7) is 9.71. The Morgan fingerprint density at radius 2 is 1.85 bits per heavy atom. The van der Waals surface area contributed by atoms with Crippen LogP contribution in [-0.4, -0.2) is 54.8 Å². The molecule has 1 aromatic heterocycles. The van der Waals surface area contributed by atoms with Gasteiger partial charge in [0, 0.05) is 56.1 Å². The summed E-state index contributed by atoms with van der Waals surface area (Å²) in [7, 11) is 0. The number of anilines is 1. The first-order valence-corrected chi connectivity index (χ1v) is 9.75. The van der Waals surface area contributed by atoms with E-state index < -0.39 is 0 Å². The molecule has 2 aliphatic rings. The molecular weight excluding hydrogens is 329 g/mol. The molecular formula is C21H28FN3O. The van der Waals surface area contributed by atoms with Crippen LogP contribution in [0.25, 0.3) is 10.9 Å². The van der Waals surface area contributed by atoms with Crippen LogP contribution in [0.1, 0.15) is 26.7 Å². The Morgan fingerprint density at radius 3 is 2.58 bits per heavy atom. The summed E-state index contributed by atoms with van der Waals surface area (Å²) in [6, 6.07) is 6.97. The fourth-order valence-corrected chi connectivity index (χ4v) is 4.54. The van der Waals surface area contributed by atoms with Crippen LogP contribution in [0.15, 0.2) is 30.5 Å². The number of pyridine rings is 1. The van der Waals surface area contributed by atoms with E-state index in [4.69, 9.17) is 4.74 Å². The second-order valence-electron chi connectivity index (χ2n) is 7.90. The van der Waals surface area contributed by atoms with Crippen LogP contribution in [0.5, 0.6) is 0 Å². The SMILES string of the molecule is CC1CN(CC2CCN(c3ccnc4cc(F)ccc34)CC2)CC(C)O1. The average Bonchev–Trinajstić information content (AvgIpc) is 2.61. The Kier molecular flexibility index (Phi) is 5.09. The minimum absolute atomic E-state index is 0.227. The van der Waals surface area contributed by atoms with Gasteiger partial charge in [0.1, 0.15) is 5.82 Å². The van der Waals surface area contributed by atoms with Crippen LogP contribution < -0.4 is 4.90 Å². The molecule has 2 unspecified atom stereocenters. The molecule has 2 fully saturated rings. The summed E-state index contributed by atoms with van der Waals surface area (Å²) in [5.41, 5.74) is 1.92. The van der Waals surface area contributed by atoms with Gasteiger partial charge in [-0.1, -0.05) is 0 Å². The summed E-state index contributed by atoms with van der Waals surface area (Å²) in [5.74, 6) is 0.518. The molecule has 4 rings (SSSR count). The molecule has 0 spiro atoms. The maximum atomic E-state index is 13.5. The van der Waals surface area contributed by atoms with Crippen molar-refractivity contribution in [3.63, 3.8) is 0 Å². The Bertz CT molecular complexity index is 750. The number of fused-ring (bicyclic) bond motifs is 1. The molecule has 4 nitrogen and oxygen atoms in total. The number of hydrogen-bond acceptors (Lipinski definition) is 4. The van der Waals surface area contributed by atoms with Gasteiger partial charge >= 0.3 is 0 Å². The zero-order valence-electron chi connectivity index (χ0n) is 15.7. The van der Waals surface area contributed by atoms with Gasteiger partial charge in [0.25, 0.3) is 0 Å². The molecule has 26 heavy (non-hydrogen) atoms. The van der Waals surface area contributed by atoms with Gasteiger partial charge in [-0.15, -0.1) is 0 Å². The Labute approximate surface area is 154 Å². The van der Waals surface area contributed by atoms with Gasteiger partial charge in [-0.2, -0.15) is 0 Å². The molecule has 1 aromatic carbocycles. The number of rotatable bonds is 3. The summed E-state index contributed by atoms with van der Waals surface area (Å²) in [4.78, 5) is 9.33. The quantitative estimate of drug-likeness (QED) is 0.837. The molecule has 0 saturated carbocycles. The number of ether oxygens (including phenoxy) is 1. The second-order valence-corrected chi connectivity index (χ2v) is 7.90. The molecule has 2 atom stereocenters. The summed E-state index contributed by atoms with van der Waals surface area (Å²) in [6.07, 6.45) is 4.86. The van der Waals surface area contributed by atoms with Crippen LogP contribution >= 0.6 is 0 Å². The van der Waals surface area contributed by atoms with Crippen molar-refractivity contribution in [3.8, 4) is 0 Å². The predicted molar refractivity (Wildman–Crippen MR) is 103 cm³/mol. The standard InChI is InChI=1S/C21H28FN3O/c1-15-12-24(13-16(2)26-15)14-17-6-9-25(10-7-17)21-5-8-23-20-11-18(22)3-4-19(20)21/h3-5,8,11,15-17H,6-7,9-10,12-14H2,1-2H3. The summed E-state index contributed by atoms with van der Waals surface area (Å²) < 4.78 is 19.3. The second kappa shape index (κ2) is 7.49. The third-order valence-electron chi connectivity index (χ3n) is 5.65. The van der Waals surface area contributed by atoms with Crippen LogP contribution in [-0.2, 0) is 4.74 Å².